The smallest absolute Gasteiger partial charge is 0.272 e. The Morgan fingerprint density at radius 1 is 1.19 bits per heavy atom. The molecule has 7 heteroatoms. The molecule has 2 aromatic rings. The van der Waals surface area contributed by atoms with E-state index in [9.17, 15) is 4.79 Å². The van der Waals surface area contributed by atoms with Crippen LogP contribution in [0.1, 0.15) is 30.8 Å². The molecule has 1 aliphatic rings. The van der Waals surface area contributed by atoms with Crippen molar-refractivity contribution >= 4 is 23.1 Å². The molecule has 1 unspecified atom stereocenters. The zero-order valence-electron chi connectivity index (χ0n) is 15.2. The first kappa shape index (κ1) is 18.1. The SMILES string of the molecule is CCC(C)NC(=O)c1ccc(Nc2ccccc2N2CCOCC2)nn1. The number of para-hydroxylation sites is 2. The lowest BCUT2D eigenvalue weighted by atomic mass is 10.2. The van der Waals surface area contributed by atoms with Gasteiger partial charge in [-0.2, -0.15) is 0 Å². The number of hydrogen-bond donors (Lipinski definition) is 2. The number of benzene rings is 1. The van der Waals surface area contributed by atoms with Gasteiger partial charge in [-0.15, -0.1) is 10.2 Å². The van der Waals surface area contributed by atoms with E-state index in [2.05, 4.69) is 31.8 Å². The van der Waals surface area contributed by atoms with Crippen LogP contribution in [0.2, 0.25) is 0 Å². The van der Waals surface area contributed by atoms with Gasteiger partial charge in [0, 0.05) is 19.1 Å². The lowest BCUT2D eigenvalue weighted by Crippen LogP contribution is -2.36. The van der Waals surface area contributed by atoms with Crippen LogP contribution in [0.3, 0.4) is 0 Å². The Bertz CT molecular complexity index is 729. The van der Waals surface area contributed by atoms with Crippen LogP contribution in [0.5, 0.6) is 0 Å². The van der Waals surface area contributed by atoms with Gasteiger partial charge in [0.15, 0.2) is 11.5 Å². The fourth-order valence-corrected chi connectivity index (χ4v) is 2.72. The zero-order chi connectivity index (χ0) is 18.4. The minimum Gasteiger partial charge on any atom is -0.378 e. The van der Waals surface area contributed by atoms with Crippen molar-refractivity contribution in [2.24, 2.45) is 0 Å². The van der Waals surface area contributed by atoms with Gasteiger partial charge < -0.3 is 20.3 Å². The van der Waals surface area contributed by atoms with Crippen molar-refractivity contribution in [2.45, 2.75) is 26.3 Å². The normalized spacial score (nSPS) is 15.4. The molecule has 0 saturated carbocycles. The molecule has 2 N–H and O–H groups in total. The summed E-state index contributed by atoms with van der Waals surface area (Å²) in [5.74, 6) is 0.401. The highest BCUT2D eigenvalue weighted by atomic mass is 16.5. The lowest BCUT2D eigenvalue weighted by Gasteiger charge is -2.30. The van der Waals surface area contributed by atoms with Crippen LogP contribution in [0, 0.1) is 0 Å². The molecule has 1 aromatic heterocycles. The third-order valence-corrected chi connectivity index (χ3v) is 4.41. The molecule has 1 aliphatic heterocycles. The number of amides is 1. The fourth-order valence-electron chi connectivity index (χ4n) is 2.72. The number of ether oxygens (including phenoxy) is 1. The van der Waals surface area contributed by atoms with E-state index in [1.165, 1.54) is 0 Å². The van der Waals surface area contributed by atoms with Gasteiger partial charge in [-0.25, -0.2) is 0 Å². The minimum atomic E-state index is -0.202. The summed E-state index contributed by atoms with van der Waals surface area (Å²) >= 11 is 0. The van der Waals surface area contributed by atoms with E-state index in [0.717, 1.165) is 44.1 Å². The molecular weight excluding hydrogens is 330 g/mol. The maximum Gasteiger partial charge on any atom is 0.272 e. The van der Waals surface area contributed by atoms with Gasteiger partial charge in [0.1, 0.15) is 0 Å². The second kappa shape index (κ2) is 8.62. The Hall–Kier alpha value is -2.67. The molecule has 0 spiro atoms. The van der Waals surface area contributed by atoms with Crippen molar-refractivity contribution in [1.82, 2.24) is 15.5 Å². The maximum atomic E-state index is 12.1. The van der Waals surface area contributed by atoms with Gasteiger partial charge >= 0.3 is 0 Å². The summed E-state index contributed by atoms with van der Waals surface area (Å²) < 4.78 is 5.43. The van der Waals surface area contributed by atoms with E-state index in [1.807, 2.05) is 32.0 Å². The van der Waals surface area contributed by atoms with Crippen LogP contribution in [0.25, 0.3) is 0 Å². The third kappa shape index (κ3) is 4.49. The van der Waals surface area contributed by atoms with Crippen LogP contribution in [-0.4, -0.2) is 48.4 Å². The quantitative estimate of drug-likeness (QED) is 0.829. The first-order valence-electron chi connectivity index (χ1n) is 9.00. The first-order chi connectivity index (χ1) is 12.7. The van der Waals surface area contributed by atoms with Crippen LogP contribution in [0.4, 0.5) is 17.2 Å². The number of nitrogens with one attached hydrogen (secondary N) is 2. The summed E-state index contributed by atoms with van der Waals surface area (Å²) in [5, 5.41) is 14.4. The molecule has 3 rings (SSSR count). The van der Waals surface area contributed by atoms with Crippen LogP contribution >= 0.6 is 0 Å². The predicted molar refractivity (Wildman–Crippen MR) is 102 cm³/mol. The molecule has 1 atom stereocenters. The van der Waals surface area contributed by atoms with Crippen LogP contribution in [0.15, 0.2) is 36.4 Å². The molecule has 138 valence electrons. The second-order valence-corrected chi connectivity index (χ2v) is 6.33. The Labute approximate surface area is 153 Å². The van der Waals surface area contributed by atoms with Crippen LogP contribution in [-0.2, 0) is 4.74 Å². The van der Waals surface area contributed by atoms with E-state index in [1.54, 1.807) is 12.1 Å². The van der Waals surface area contributed by atoms with Gasteiger partial charge in [0.05, 0.1) is 24.6 Å². The fraction of sp³-hybridized carbons (Fsp3) is 0.421. The second-order valence-electron chi connectivity index (χ2n) is 6.33. The van der Waals surface area contributed by atoms with Gasteiger partial charge in [0.25, 0.3) is 5.91 Å². The van der Waals surface area contributed by atoms with Crippen LogP contribution < -0.4 is 15.5 Å². The summed E-state index contributed by atoms with van der Waals surface area (Å²) in [4.78, 5) is 14.4. The van der Waals surface area contributed by atoms with Crippen molar-refractivity contribution in [3.05, 3.63) is 42.1 Å². The molecule has 1 aromatic carbocycles. The van der Waals surface area contributed by atoms with Crippen molar-refractivity contribution in [3.63, 3.8) is 0 Å². The first-order valence-corrected chi connectivity index (χ1v) is 9.00. The van der Waals surface area contributed by atoms with Gasteiger partial charge in [-0.3, -0.25) is 4.79 Å². The highest BCUT2D eigenvalue weighted by Gasteiger charge is 2.15. The summed E-state index contributed by atoms with van der Waals surface area (Å²) in [6.45, 7) is 7.17. The summed E-state index contributed by atoms with van der Waals surface area (Å²) in [6.07, 6.45) is 0.872. The molecule has 2 heterocycles. The molecule has 1 amide bonds. The van der Waals surface area contributed by atoms with E-state index >= 15 is 0 Å². The number of aromatic nitrogens is 2. The molecule has 1 saturated heterocycles. The van der Waals surface area contributed by atoms with E-state index < -0.39 is 0 Å². The number of anilines is 3. The largest absolute Gasteiger partial charge is 0.378 e. The number of carbonyl (C=O) groups is 1. The van der Waals surface area contributed by atoms with Crippen molar-refractivity contribution < 1.29 is 9.53 Å². The number of nitrogens with zero attached hydrogens (tertiary/aromatic N) is 3. The number of morpholine rings is 1. The zero-order valence-corrected chi connectivity index (χ0v) is 15.2. The molecule has 0 radical (unpaired) electrons. The summed E-state index contributed by atoms with van der Waals surface area (Å²) in [7, 11) is 0. The molecule has 26 heavy (non-hydrogen) atoms. The van der Waals surface area contributed by atoms with Crippen molar-refractivity contribution in [1.29, 1.82) is 0 Å². The Morgan fingerprint density at radius 3 is 2.65 bits per heavy atom. The lowest BCUT2D eigenvalue weighted by molar-refractivity contribution is 0.0933. The summed E-state index contributed by atoms with van der Waals surface area (Å²) in [6, 6.07) is 11.7. The molecular formula is C19H25N5O2. The Balaban J connectivity index is 1.70. The monoisotopic (exact) mass is 355 g/mol. The standard InChI is InChI=1S/C19H25N5O2/c1-3-14(2)20-19(25)16-8-9-18(23-22-16)21-15-6-4-5-7-17(15)24-10-12-26-13-11-24/h4-9,14H,3,10-13H2,1-2H3,(H,20,25)(H,21,23). The minimum absolute atomic E-state index is 0.113. The maximum absolute atomic E-state index is 12.1. The average molecular weight is 355 g/mol. The van der Waals surface area contributed by atoms with Crippen molar-refractivity contribution in [3.8, 4) is 0 Å². The average Bonchev–Trinajstić information content (AvgIpc) is 2.69. The topological polar surface area (TPSA) is 79.4 Å². The molecule has 1 fully saturated rings. The number of carbonyl (C=O) groups excluding carboxylic acids is 1. The summed E-state index contributed by atoms with van der Waals surface area (Å²) in [5.41, 5.74) is 2.38. The molecule has 0 bridgehead atoms. The van der Waals surface area contributed by atoms with E-state index in [0.29, 0.717) is 11.5 Å². The molecule has 7 nitrogen and oxygen atoms in total. The van der Waals surface area contributed by atoms with E-state index in [-0.39, 0.29) is 11.9 Å². The number of rotatable bonds is 6. The van der Waals surface area contributed by atoms with Gasteiger partial charge in [-0.05, 0) is 37.6 Å². The van der Waals surface area contributed by atoms with Gasteiger partial charge in [0.2, 0.25) is 0 Å². The van der Waals surface area contributed by atoms with E-state index in [4.69, 9.17) is 4.74 Å². The Morgan fingerprint density at radius 2 is 1.96 bits per heavy atom. The number of hydrogen-bond acceptors (Lipinski definition) is 6. The third-order valence-electron chi connectivity index (χ3n) is 4.41. The van der Waals surface area contributed by atoms with Gasteiger partial charge in [-0.1, -0.05) is 19.1 Å². The predicted octanol–water partition coefficient (Wildman–Crippen LogP) is 2.59. The van der Waals surface area contributed by atoms with Crippen molar-refractivity contribution in [2.75, 3.05) is 36.5 Å². The highest BCUT2D eigenvalue weighted by Crippen LogP contribution is 2.28. The molecule has 0 aliphatic carbocycles. The highest BCUT2D eigenvalue weighted by molar-refractivity contribution is 5.92. The Kier molecular flexibility index (Phi) is 6.01.